The highest BCUT2D eigenvalue weighted by Crippen LogP contribution is 2.23. The molecule has 76 valence electrons. The molecule has 0 bridgehead atoms. The van der Waals surface area contributed by atoms with Crippen LogP contribution in [0.4, 0.5) is 0 Å². The van der Waals surface area contributed by atoms with Crippen molar-refractivity contribution in [3.8, 4) is 11.1 Å². The monoisotopic (exact) mass is 218 g/mol. The quantitative estimate of drug-likeness (QED) is 0.723. The topological polar surface area (TPSA) is 25.8 Å². The zero-order chi connectivity index (χ0) is 10.7. The van der Waals surface area contributed by atoms with Crippen molar-refractivity contribution in [1.29, 1.82) is 0 Å². The molecule has 2 aromatic rings. The van der Waals surface area contributed by atoms with Gasteiger partial charge in [0.15, 0.2) is 0 Å². The summed E-state index contributed by atoms with van der Waals surface area (Å²) in [5, 5.41) is 0.546. The van der Waals surface area contributed by atoms with Crippen LogP contribution in [-0.2, 0) is 6.42 Å². The van der Waals surface area contributed by atoms with Gasteiger partial charge in [-0.25, -0.2) is 4.98 Å². The number of hydrogen-bond acceptors (Lipinski definition) is 2. The number of halogens is 1. The summed E-state index contributed by atoms with van der Waals surface area (Å²) in [6, 6.07) is 7.77. The molecular formula is C12H11ClN2. The van der Waals surface area contributed by atoms with Crippen molar-refractivity contribution in [3.05, 3.63) is 47.5 Å². The Morgan fingerprint density at radius 3 is 2.53 bits per heavy atom. The van der Waals surface area contributed by atoms with Crippen LogP contribution in [0, 0.1) is 0 Å². The summed E-state index contributed by atoms with van der Waals surface area (Å²) < 4.78 is 0. The van der Waals surface area contributed by atoms with Gasteiger partial charge in [0.2, 0.25) is 0 Å². The number of pyridine rings is 2. The van der Waals surface area contributed by atoms with Crippen LogP contribution in [0.3, 0.4) is 0 Å². The van der Waals surface area contributed by atoms with Crippen LogP contribution in [0.1, 0.15) is 12.6 Å². The fourth-order valence-corrected chi connectivity index (χ4v) is 1.70. The molecule has 0 saturated heterocycles. The number of aryl methyl sites for hydroxylation is 1. The first-order valence-corrected chi connectivity index (χ1v) is 5.25. The maximum Gasteiger partial charge on any atom is 0.129 e. The van der Waals surface area contributed by atoms with Crippen LogP contribution in [0.15, 0.2) is 36.7 Å². The summed E-state index contributed by atoms with van der Waals surface area (Å²) in [7, 11) is 0. The molecule has 0 aliphatic carbocycles. The average molecular weight is 219 g/mol. The molecule has 0 aliphatic heterocycles. The summed E-state index contributed by atoms with van der Waals surface area (Å²) in [5.74, 6) is 0. The van der Waals surface area contributed by atoms with Gasteiger partial charge in [0.05, 0.1) is 0 Å². The van der Waals surface area contributed by atoms with Crippen molar-refractivity contribution in [2.75, 3.05) is 0 Å². The molecule has 0 amide bonds. The Labute approximate surface area is 94.0 Å². The Balaban J connectivity index is 2.53. The molecule has 2 heterocycles. The largest absolute Gasteiger partial charge is 0.265 e. The fourth-order valence-electron chi connectivity index (χ4n) is 1.54. The van der Waals surface area contributed by atoms with Gasteiger partial charge in [0.25, 0.3) is 0 Å². The molecule has 0 spiro atoms. The molecule has 0 atom stereocenters. The van der Waals surface area contributed by atoms with Gasteiger partial charge >= 0.3 is 0 Å². The Morgan fingerprint density at radius 1 is 1.13 bits per heavy atom. The molecule has 0 N–H and O–H groups in total. The van der Waals surface area contributed by atoms with Gasteiger partial charge in [-0.2, -0.15) is 0 Å². The normalized spacial score (nSPS) is 10.3. The van der Waals surface area contributed by atoms with E-state index in [1.54, 1.807) is 12.4 Å². The Bertz CT molecular complexity index is 454. The van der Waals surface area contributed by atoms with Crippen molar-refractivity contribution >= 4 is 11.6 Å². The van der Waals surface area contributed by atoms with Gasteiger partial charge in [-0.15, -0.1) is 0 Å². The molecule has 2 rings (SSSR count). The van der Waals surface area contributed by atoms with Crippen molar-refractivity contribution in [2.45, 2.75) is 13.3 Å². The zero-order valence-electron chi connectivity index (χ0n) is 8.44. The van der Waals surface area contributed by atoms with Crippen LogP contribution in [0.25, 0.3) is 11.1 Å². The molecule has 15 heavy (non-hydrogen) atoms. The minimum atomic E-state index is 0.546. The summed E-state index contributed by atoms with van der Waals surface area (Å²) in [6.45, 7) is 2.07. The van der Waals surface area contributed by atoms with Crippen LogP contribution in [0.5, 0.6) is 0 Å². The van der Waals surface area contributed by atoms with E-state index in [-0.39, 0.29) is 0 Å². The first-order chi connectivity index (χ1) is 7.31. The van der Waals surface area contributed by atoms with E-state index in [0.717, 1.165) is 23.2 Å². The third-order valence-electron chi connectivity index (χ3n) is 2.27. The van der Waals surface area contributed by atoms with E-state index < -0.39 is 0 Å². The molecule has 0 radical (unpaired) electrons. The maximum absolute atomic E-state index is 5.86. The second-order valence-electron chi connectivity index (χ2n) is 3.22. The number of rotatable bonds is 2. The van der Waals surface area contributed by atoms with Crippen LogP contribution < -0.4 is 0 Å². The maximum atomic E-state index is 5.86. The van der Waals surface area contributed by atoms with Crippen molar-refractivity contribution in [2.24, 2.45) is 0 Å². The van der Waals surface area contributed by atoms with Crippen LogP contribution in [-0.4, -0.2) is 9.97 Å². The van der Waals surface area contributed by atoms with Gasteiger partial charge in [-0.05, 0) is 36.2 Å². The lowest BCUT2D eigenvalue weighted by Gasteiger charge is -2.06. The molecular weight excluding hydrogens is 208 g/mol. The van der Waals surface area contributed by atoms with Gasteiger partial charge in [0, 0.05) is 23.7 Å². The fraction of sp³-hybridized carbons (Fsp3) is 0.167. The molecule has 0 aromatic carbocycles. The lowest BCUT2D eigenvalue weighted by molar-refractivity contribution is 1.04. The van der Waals surface area contributed by atoms with Gasteiger partial charge in [-0.1, -0.05) is 18.5 Å². The first kappa shape index (κ1) is 10.1. The molecule has 0 saturated carbocycles. The van der Waals surface area contributed by atoms with Gasteiger partial charge < -0.3 is 0 Å². The lowest BCUT2D eigenvalue weighted by atomic mass is 10.0. The third-order valence-corrected chi connectivity index (χ3v) is 2.48. The standard InChI is InChI=1S/C12H11ClN2/c1-2-11-10(3-4-12(13)15-11)9-5-7-14-8-6-9/h3-8H,2H2,1H3. The summed E-state index contributed by atoms with van der Waals surface area (Å²) >= 11 is 5.86. The summed E-state index contributed by atoms with van der Waals surface area (Å²) in [4.78, 5) is 8.31. The van der Waals surface area contributed by atoms with Crippen molar-refractivity contribution < 1.29 is 0 Å². The minimum absolute atomic E-state index is 0.546. The van der Waals surface area contributed by atoms with E-state index in [9.17, 15) is 0 Å². The number of hydrogen-bond donors (Lipinski definition) is 0. The number of nitrogens with zero attached hydrogens (tertiary/aromatic N) is 2. The Kier molecular flexibility index (Phi) is 2.97. The second-order valence-corrected chi connectivity index (χ2v) is 3.60. The van der Waals surface area contributed by atoms with Gasteiger partial charge in [0.1, 0.15) is 5.15 Å². The van der Waals surface area contributed by atoms with Crippen molar-refractivity contribution in [3.63, 3.8) is 0 Å². The van der Waals surface area contributed by atoms with E-state index in [1.165, 1.54) is 0 Å². The highest BCUT2D eigenvalue weighted by Gasteiger charge is 2.05. The minimum Gasteiger partial charge on any atom is -0.265 e. The lowest BCUT2D eigenvalue weighted by Crippen LogP contribution is -1.92. The molecule has 2 aromatic heterocycles. The van der Waals surface area contributed by atoms with E-state index in [4.69, 9.17) is 11.6 Å². The molecule has 0 aliphatic rings. The zero-order valence-corrected chi connectivity index (χ0v) is 9.20. The van der Waals surface area contributed by atoms with E-state index in [2.05, 4.69) is 16.9 Å². The molecule has 0 fully saturated rings. The smallest absolute Gasteiger partial charge is 0.129 e. The summed E-state index contributed by atoms with van der Waals surface area (Å²) in [5.41, 5.74) is 3.28. The predicted molar refractivity (Wildman–Crippen MR) is 61.9 cm³/mol. The predicted octanol–water partition coefficient (Wildman–Crippen LogP) is 3.36. The third kappa shape index (κ3) is 2.16. The molecule has 3 heteroatoms. The van der Waals surface area contributed by atoms with E-state index in [0.29, 0.717) is 5.15 Å². The van der Waals surface area contributed by atoms with Crippen LogP contribution in [0.2, 0.25) is 5.15 Å². The Hall–Kier alpha value is -1.41. The highest BCUT2D eigenvalue weighted by atomic mass is 35.5. The highest BCUT2D eigenvalue weighted by molar-refractivity contribution is 6.29. The molecule has 0 unspecified atom stereocenters. The van der Waals surface area contributed by atoms with Crippen molar-refractivity contribution in [1.82, 2.24) is 9.97 Å². The first-order valence-electron chi connectivity index (χ1n) is 4.87. The second kappa shape index (κ2) is 4.41. The SMILES string of the molecule is CCc1nc(Cl)ccc1-c1ccncc1. The van der Waals surface area contributed by atoms with E-state index >= 15 is 0 Å². The Morgan fingerprint density at radius 2 is 1.87 bits per heavy atom. The molecule has 2 nitrogen and oxygen atoms in total. The average Bonchev–Trinajstić information content (AvgIpc) is 2.30. The summed E-state index contributed by atoms with van der Waals surface area (Å²) in [6.07, 6.45) is 4.44. The van der Waals surface area contributed by atoms with E-state index in [1.807, 2.05) is 24.3 Å². The van der Waals surface area contributed by atoms with Gasteiger partial charge in [-0.3, -0.25) is 4.98 Å². The number of aromatic nitrogens is 2. The van der Waals surface area contributed by atoms with Crippen LogP contribution >= 0.6 is 11.6 Å².